The smallest absolute Gasteiger partial charge is 0.268 e. The third-order valence-corrected chi connectivity index (χ3v) is 13.8. The minimum absolute atomic E-state index is 0.0320. The van der Waals surface area contributed by atoms with Crippen molar-refractivity contribution in [2.75, 3.05) is 57.4 Å². The second kappa shape index (κ2) is 17.5. The Labute approximate surface area is 361 Å². The third kappa shape index (κ3) is 9.68. The molecule has 0 bridgehead atoms. The Hall–Kier alpha value is -4.46. The molecule has 14 heteroatoms. The fourth-order valence-electron chi connectivity index (χ4n) is 8.28. The minimum Gasteiger partial charge on any atom is -0.489 e. The van der Waals surface area contributed by atoms with Gasteiger partial charge in [0, 0.05) is 87.3 Å². The topological polar surface area (TPSA) is 110 Å². The van der Waals surface area contributed by atoms with Gasteiger partial charge in [-0.1, -0.05) is 66.9 Å². The number of sulfonamides is 1. The molecule has 0 saturated carbocycles. The van der Waals surface area contributed by atoms with E-state index >= 15 is 4.39 Å². The number of anilines is 1. The maximum absolute atomic E-state index is 15.1. The van der Waals surface area contributed by atoms with E-state index in [0.29, 0.717) is 25.5 Å². The molecule has 10 nitrogen and oxygen atoms in total. The molecule has 4 aliphatic rings. The molecule has 2 saturated heterocycles. The molecule has 0 unspecified atom stereocenters. The summed E-state index contributed by atoms with van der Waals surface area (Å²) in [7, 11) is -4.41. The van der Waals surface area contributed by atoms with Crippen LogP contribution in [0.4, 0.5) is 10.1 Å². The largest absolute Gasteiger partial charge is 0.489 e. The van der Waals surface area contributed by atoms with Crippen LogP contribution in [0.1, 0.15) is 73.0 Å². The van der Waals surface area contributed by atoms with Gasteiger partial charge in [0.25, 0.3) is 15.9 Å². The molecule has 3 aliphatic heterocycles. The Morgan fingerprint density at radius 3 is 2.43 bits per heavy atom. The first kappa shape index (κ1) is 42.2. The van der Waals surface area contributed by atoms with Crippen molar-refractivity contribution in [2.45, 2.75) is 63.1 Å². The number of fused-ring (bicyclic) bond motifs is 1. The van der Waals surface area contributed by atoms with Crippen molar-refractivity contribution in [3.63, 3.8) is 0 Å². The van der Waals surface area contributed by atoms with E-state index in [1.165, 1.54) is 34.9 Å². The summed E-state index contributed by atoms with van der Waals surface area (Å²) in [5.41, 5.74) is 5.50. The molecule has 0 radical (unpaired) electrons. The zero-order valence-electron chi connectivity index (χ0n) is 33.8. The molecular formula is C46H49Cl2FN4O6S. The van der Waals surface area contributed by atoms with Crippen LogP contribution in [0.25, 0.3) is 5.57 Å². The molecule has 2 fully saturated rings. The molecule has 3 heterocycles. The van der Waals surface area contributed by atoms with Crippen molar-refractivity contribution in [1.29, 1.82) is 0 Å². The zero-order chi connectivity index (χ0) is 42.1. The number of rotatable bonds is 12. The van der Waals surface area contributed by atoms with Crippen LogP contribution in [0.3, 0.4) is 0 Å². The van der Waals surface area contributed by atoms with Crippen molar-refractivity contribution in [2.24, 2.45) is 10.4 Å². The average molecular weight is 876 g/mol. The molecule has 60 heavy (non-hydrogen) atoms. The number of amides is 1. The number of carbonyl (C=O) groups is 1. The van der Waals surface area contributed by atoms with Crippen LogP contribution >= 0.6 is 23.2 Å². The third-order valence-electron chi connectivity index (χ3n) is 11.9. The number of benzene rings is 4. The lowest BCUT2D eigenvalue weighted by Crippen LogP contribution is -2.47. The van der Waals surface area contributed by atoms with E-state index in [1.54, 1.807) is 24.4 Å². The Morgan fingerprint density at radius 1 is 0.917 bits per heavy atom. The predicted octanol–water partition coefficient (Wildman–Crippen LogP) is 9.52. The van der Waals surface area contributed by atoms with E-state index in [9.17, 15) is 13.2 Å². The number of nitrogens with zero attached hydrogens (tertiary/aromatic N) is 3. The number of hydrogen-bond donors (Lipinski definition) is 1. The Balaban J connectivity index is 0.991. The molecule has 1 amide bonds. The number of ether oxygens (including phenoxy) is 3. The van der Waals surface area contributed by atoms with Crippen LogP contribution in [0.5, 0.6) is 17.2 Å². The monoisotopic (exact) mass is 874 g/mol. The number of allylic oxidation sites excluding steroid dienone is 1. The molecule has 0 aromatic heterocycles. The first-order valence-electron chi connectivity index (χ1n) is 20.4. The number of carbonyl (C=O) groups excluding carboxylic acids is 1. The first-order valence-corrected chi connectivity index (χ1v) is 22.6. The standard InChI is InChI=1S/C46H49Cl2FN4O6S/c1-45(2)15-14-33(38(26-45)31-6-8-34(47)9-7-31)29-52-18-20-53(21-19-52)35-10-12-37(43(24-35)59-41-5-3-4-32-27-50-28-39(32)41)44(54)51-60(55,56)36-11-13-42(40(48)25-36)58-30-46(49)16-22-57-23-17-46/h3-13,24-25,28H,14-23,26-27,29-30H2,1-2H3,(H,51,54). The van der Waals surface area contributed by atoms with Crippen molar-refractivity contribution >= 4 is 56.6 Å². The van der Waals surface area contributed by atoms with Crippen LogP contribution in [0.2, 0.25) is 10.0 Å². The van der Waals surface area contributed by atoms with Gasteiger partial charge in [-0.15, -0.1) is 0 Å². The number of alkyl halides is 1. The first-order chi connectivity index (χ1) is 28.7. The summed E-state index contributed by atoms with van der Waals surface area (Å²) in [6.45, 7) is 9.65. The minimum atomic E-state index is -4.41. The number of nitrogens with one attached hydrogen (secondary N) is 1. The summed E-state index contributed by atoms with van der Waals surface area (Å²) in [4.78, 5) is 22.8. The highest BCUT2D eigenvalue weighted by atomic mass is 35.5. The highest BCUT2D eigenvalue weighted by Gasteiger charge is 2.34. The molecule has 0 atom stereocenters. The zero-order valence-corrected chi connectivity index (χ0v) is 36.1. The highest BCUT2D eigenvalue weighted by Crippen LogP contribution is 2.44. The summed E-state index contributed by atoms with van der Waals surface area (Å²) in [5.74, 6) is -0.0344. The second-order valence-corrected chi connectivity index (χ2v) is 19.4. The molecule has 4 aromatic rings. The van der Waals surface area contributed by atoms with Crippen LogP contribution in [0.15, 0.2) is 94.3 Å². The average Bonchev–Trinajstić information content (AvgIpc) is 3.72. The normalized spacial score (nSPS) is 18.9. The number of piperazine rings is 1. The van der Waals surface area contributed by atoms with Gasteiger partial charge >= 0.3 is 0 Å². The highest BCUT2D eigenvalue weighted by molar-refractivity contribution is 7.90. The molecule has 1 N–H and O–H groups in total. The van der Waals surface area contributed by atoms with Gasteiger partial charge in [0.1, 0.15) is 29.5 Å². The van der Waals surface area contributed by atoms with E-state index in [2.05, 4.69) is 45.5 Å². The summed E-state index contributed by atoms with van der Waals surface area (Å²) in [6, 6.07) is 22.9. The van der Waals surface area contributed by atoms with Gasteiger partial charge in [0.2, 0.25) is 0 Å². The van der Waals surface area contributed by atoms with Crippen LogP contribution in [-0.2, 0) is 21.3 Å². The van der Waals surface area contributed by atoms with E-state index in [0.717, 1.165) is 73.8 Å². The molecule has 1 aliphatic carbocycles. The Morgan fingerprint density at radius 2 is 1.68 bits per heavy atom. The molecular weight excluding hydrogens is 826 g/mol. The van der Waals surface area contributed by atoms with Crippen molar-refractivity contribution < 1.29 is 31.8 Å². The predicted molar refractivity (Wildman–Crippen MR) is 234 cm³/mol. The van der Waals surface area contributed by atoms with E-state index in [4.69, 9.17) is 37.4 Å². The summed E-state index contributed by atoms with van der Waals surface area (Å²) in [6.07, 6.45) is 5.36. The maximum Gasteiger partial charge on any atom is 0.268 e. The van der Waals surface area contributed by atoms with Gasteiger partial charge in [-0.3, -0.25) is 14.7 Å². The molecule has 8 rings (SSSR count). The van der Waals surface area contributed by atoms with Gasteiger partial charge in [-0.25, -0.2) is 17.5 Å². The molecule has 4 aromatic carbocycles. The maximum atomic E-state index is 15.1. The number of halogens is 3. The summed E-state index contributed by atoms with van der Waals surface area (Å²) in [5, 5.41) is 0.704. The van der Waals surface area contributed by atoms with Crippen LogP contribution in [0, 0.1) is 5.41 Å². The van der Waals surface area contributed by atoms with E-state index < -0.39 is 21.6 Å². The summed E-state index contributed by atoms with van der Waals surface area (Å²) < 4.78 is 61.9. The fraction of sp³-hybridized carbons (Fsp3) is 0.391. The van der Waals surface area contributed by atoms with E-state index in [1.807, 2.05) is 30.3 Å². The van der Waals surface area contributed by atoms with Gasteiger partial charge < -0.3 is 19.1 Å². The van der Waals surface area contributed by atoms with Crippen molar-refractivity contribution in [3.8, 4) is 17.2 Å². The van der Waals surface area contributed by atoms with Gasteiger partial charge in [0.05, 0.1) is 22.0 Å². The Bertz CT molecular complexity index is 2430. The fourth-order valence-corrected chi connectivity index (χ4v) is 9.70. The van der Waals surface area contributed by atoms with Crippen molar-refractivity contribution in [3.05, 3.63) is 117 Å². The van der Waals surface area contributed by atoms with Gasteiger partial charge in [-0.2, -0.15) is 0 Å². The van der Waals surface area contributed by atoms with Gasteiger partial charge in [-0.05, 0) is 89.9 Å². The summed E-state index contributed by atoms with van der Waals surface area (Å²) >= 11 is 12.7. The SMILES string of the molecule is CC1(C)CCC(CN2CCN(c3ccc(C(=O)NS(=O)(=O)c4ccc(OCC5(F)CCOCC5)c(Cl)c4)c(Oc4cccc5c4C=NC5)c3)CC2)=C(c2ccc(Cl)cc2)C1. The van der Waals surface area contributed by atoms with E-state index in [-0.39, 0.29) is 51.8 Å². The lowest BCUT2D eigenvalue weighted by atomic mass is 9.72. The van der Waals surface area contributed by atoms with Crippen LogP contribution in [-0.4, -0.2) is 83.7 Å². The van der Waals surface area contributed by atoms with Crippen LogP contribution < -0.4 is 19.1 Å². The number of hydrogen-bond acceptors (Lipinski definition) is 9. The lowest BCUT2D eigenvalue weighted by Gasteiger charge is -2.39. The Kier molecular flexibility index (Phi) is 12.3. The van der Waals surface area contributed by atoms with Crippen molar-refractivity contribution in [1.82, 2.24) is 9.62 Å². The second-order valence-electron chi connectivity index (χ2n) is 16.9. The lowest BCUT2D eigenvalue weighted by molar-refractivity contribution is -0.0323. The quantitative estimate of drug-likeness (QED) is 0.150. The number of aliphatic imine (C=N–C) groups is 1. The van der Waals surface area contributed by atoms with Gasteiger partial charge in [0.15, 0.2) is 0 Å². The molecule has 316 valence electrons. The molecule has 0 spiro atoms.